The zero-order valence-electron chi connectivity index (χ0n) is 17.4. The van der Waals surface area contributed by atoms with Crippen LogP contribution in [0.25, 0.3) is 0 Å². The summed E-state index contributed by atoms with van der Waals surface area (Å²) < 4.78 is 5.33. The lowest BCUT2D eigenvalue weighted by atomic mass is 9.97. The molecular weight excluding hydrogens is 376 g/mol. The van der Waals surface area contributed by atoms with Gasteiger partial charge in [0.25, 0.3) is 0 Å². The number of carboxylic acids is 1. The number of phenols is 2. The van der Waals surface area contributed by atoms with Crippen molar-refractivity contribution in [2.24, 2.45) is 0 Å². The number of carboxylic acid groups (broad SMARTS) is 1. The van der Waals surface area contributed by atoms with Crippen molar-refractivity contribution in [1.82, 2.24) is 0 Å². The quantitative estimate of drug-likeness (QED) is 0.268. The van der Waals surface area contributed by atoms with Crippen LogP contribution in [0.1, 0.15) is 87.6 Å². The lowest BCUT2D eigenvalue weighted by molar-refractivity contribution is -0.146. The second kappa shape index (κ2) is 13.0. The van der Waals surface area contributed by atoms with E-state index in [-0.39, 0.29) is 29.4 Å². The van der Waals surface area contributed by atoms with Crippen LogP contribution in [0, 0.1) is 0 Å². The van der Waals surface area contributed by atoms with Gasteiger partial charge >= 0.3 is 11.9 Å². The molecule has 1 rings (SSSR count). The van der Waals surface area contributed by atoms with Crippen LogP contribution in [0.5, 0.6) is 11.5 Å². The summed E-state index contributed by atoms with van der Waals surface area (Å²) in [5.41, 5.74) is -0.0449. The van der Waals surface area contributed by atoms with E-state index in [9.17, 15) is 30.0 Å². The smallest absolute Gasteiger partial charge is 0.339 e. The zero-order valence-corrected chi connectivity index (χ0v) is 17.4. The molecule has 0 aliphatic rings. The Hall–Kier alpha value is -2.28. The van der Waals surface area contributed by atoms with Gasteiger partial charge in [0, 0.05) is 19.4 Å². The Kier molecular flexibility index (Phi) is 11.1. The van der Waals surface area contributed by atoms with Crippen molar-refractivity contribution in [2.75, 3.05) is 0 Å². The molecule has 29 heavy (non-hydrogen) atoms. The van der Waals surface area contributed by atoms with Crippen LogP contribution >= 0.6 is 0 Å². The molecule has 164 valence electrons. The molecular formula is C22H34O7. The summed E-state index contributed by atoms with van der Waals surface area (Å²) in [6.45, 7) is 3.11. The standard InChI is InChI=1S/C22H34O7/c1-15(23)10-8-6-4-3-5-7-9-11-19(29-16(2)24)13-17-12-18(25)14-20(26)21(17)22(27)28/h12,14-15,19,23,25-26H,3-11,13H2,1-2H3,(H,27,28). The number of carbonyl (C=O) groups is 2. The second-order valence-corrected chi connectivity index (χ2v) is 7.64. The topological polar surface area (TPSA) is 124 Å². The molecule has 4 N–H and O–H groups in total. The van der Waals surface area contributed by atoms with Crippen LogP contribution in [0.2, 0.25) is 0 Å². The molecule has 0 fully saturated rings. The van der Waals surface area contributed by atoms with Gasteiger partial charge in [-0.1, -0.05) is 38.5 Å². The SMILES string of the molecule is CC(=O)OC(CCCCCCCCCC(C)O)Cc1cc(O)cc(O)c1C(=O)O. The summed E-state index contributed by atoms with van der Waals surface area (Å²) in [4.78, 5) is 22.9. The number of aromatic hydroxyl groups is 2. The largest absolute Gasteiger partial charge is 0.508 e. The highest BCUT2D eigenvalue weighted by atomic mass is 16.5. The van der Waals surface area contributed by atoms with Crippen molar-refractivity contribution in [3.8, 4) is 11.5 Å². The molecule has 1 aromatic carbocycles. The fourth-order valence-corrected chi connectivity index (χ4v) is 3.46. The third-order valence-corrected chi connectivity index (χ3v) is 4.83. The average Bonchev–Trinajstić information content (AvgIpc) is 2.58. The van der Waals surface area contributed by atoms with E-state index >= 15 is 0 Å². The summed E-state index contributed by atoms with van der Waals surface area (Å²) >= 11 is 0. The van der Waals surface area contributed by atoms with Gasteiger partial charge in [-0.25, -0.2) is 4.79 Å². The van der Waals surface area contributed by atoms with Crippen LogP contribution in [-0.2, 0) is 16.0 Å². The van der Waals surface area contributed by atoms with Crippen molar-refractivity contribution >= 4 is 11.9 Å². The van der Waals surface area contributed by atoms with Crippen molar-refractivity contribution in [1.29, 1.82) is 0 Å². The van der Waals surface area contributed by atoms with Gasteiger partial charge < -0.3 is 25.2 Å². The molecule has 0 aliphatic heterocycles. The third-order valence-electron chi connectivity index (χ3n) is 4.83. The summed E-state index contributed by atoms with van der Waals surface area (Å²) in [5, 5.41) is 38.1. The van der Waals surface area contributed by atoms with Gasteiger partial charge in [-0.3, -0.25) is 4.79 Å². The number of rotatable bonds is 14. The molecule has 0 radical (unpaired) electrons. The van der Waals surface area contributed by atoms with Crippen molar-refractivity contribution < 1.29 is 34.8 Å². The zero-order chi connectivity index (χ0) is 21.8. The average molecular weight is 411 g/mol. The van der Waals surface area contributed by atoms with E-state index in [1.165, 1.54) is 13.0 Å². The monoisotopic (exact) mass is 410 g/mol. The van der Waals surface area contributed by atoms with E-state index in [1.807, 2.05) is 0 Å². The number of ether oxygens (including phenoxy) is 1. The minimum absolute atomic E-state index is 0.114. The van der Waals surface area contributed by atoms with Crippen LogP contribution < -0.4 is 0 Å². The number of hydrogen-bond acceptors (Lipinski definition) is 6. The van der Waals surface area contributed by atoms with Gasteiger partial charge in [0.2, 0.25) is 0 Å². The molecule has 2 unspecified atom stereocenters. The van der Waals surface area contributed by atoms with Crippen LogP contribution in [0.15, 0.2) is 12.1 Å². The molecule has 2 atom stereocenters. The molecule has 0 heterocycles. The minimum Gasteiger partial charge on any atom is -0.508 e. The Morgan fingerprint density at radius 1 is 0.966 bits per heavy atom. The maximum atomic E-state index is 11.4. The van der Waals surface area contributed by atoms with E-state index in [2.05, 4.69) is 0 Å². The molecule has 0 aromatic heterocycles. The summed E-state index contributed by atoms with van der Waals surface area (Å²) in [6, 6.07) is 2.27. The lowest BCUT2D eigenvalue weighted by Crippen LogP contribution is -2.20. The van der Waals surface area contributed by atoms with Gasteiger partial charge in [-0.05, 0) is 37.8 Å². The van der Waals surface area contributed by atoms with Crippen molar-refractivity contribution in [3.63, 3.8) is 0 Å². The number of esters is 1. The normalized spacial score (nSPS) is 13.1. The van der Waals surface area contributed by atoms with E-state index in [1.54, 1.807) is 6.92 Å². The van der Waals surface area contributed by atoms with Gasteiger partial charge in [-0.15, -0.1) is 0 Å². The first kappa shape index (κ1) is 24.8. The maximum absolute atomic E-state index is 11.4. The Morgan fingerprint density at radius 2 is 1.52 bits per heavy atom. The first-order valence-corrected chi connectivity index (χ1v) is 10.3. The Morgan fingerprint density at radius 3 is 2.03 bits per heavy atom. The molecule has 7 heteroatoms. The fraction of sp³-hybridized carbons (Fsp3) is 0.636. The van der Waals surface area contributed by atoms with Gasteiger partial charge in [0.05, 0.1) is 6.10 Å². The number of benzene rings is 1. The molecule has 0 saturated heterocycles. The Labute approximate surface area is 172 Å². The molecule has 0 bridgehead atoms. The Balaban J connectivity index is 2.51. The highest BCUT2D eigenvalue weighted by Gasteiger charge is 2.21. The summed E-state index contributed by atoms with van der Waals surface area (Å²) in [7, 11) is 0. The van der Waals surface area contributed by atoms with Crippen LogP contribution in [0.4, 0.5) is 0 Å². The van der Waals surface area contributed by atoms with Gasteiger partial charge in [-0.2, -0.15) is 0 Å². The van der Waals surface area contributed by atoms with E-state index in [0.717, 1.165) is 57.4 Å². The van der Waals surface area contributed by atoms with E-state index in [0.29, 0.717) is 6.42 Å². The first-order valence-electron chi connectivity index (χ1n) is 10.3. The highest BCUT2D eigenvalue weighted by Crippen LogP contribution is 2.29. The summed E-state index contributed by atoms with van der Waals surface area (Å²) in [5.74, 6) is -2.49. The molecule has 7 nitrogen and oxygen atoms in total. The summed E-state index contributed by atoms with van der Waals surface area (Å²) in [6.07, 6.45) is 8.05. The van der Waals surface area contributed by atoms with Gasteiger partial charge in [0.1, 0.15) is 23.2 Å². The first-order chi connectivity index (χ1) is 13.7. The lowest BCUT2D eigenvalue weighted by Gasteiger charge is -2.19. The van der Waals surface area contributed by atoms with Crippen LogP contribution in [-0.4, -0.2) is 44.6 Å². The number of hydrogen-bond donors (Lipinski definition) is 4. The minimum atomic E-state index is -1.30. The molecule has 1 aromatic rings. The predicted molar refractivity (Wildman–Crippen MR) is 109 cm³/mol. The van der Waals surface area contributed by atoms with E-state index < -0.39 is 23.8 Å². The maximum Gasteiger partial charge on any atom is 0.339 e. The van der Waals surface area contributed by atoms with Crippen LogP contribution in [0.3, 0.4) is 0 Å². The number of unbranched alkanes of at least 4 members (excludes halogenated alkanes) is 6. The highest BCUT2D eigenvalue weighted by molar-refractivity contribution is 5.93. The Bertz CT molecular complexity index is 655. The number of aliphatic hydroxyl groups is 1. The number of phenolic OH excluding ortho intramolecular Hbond substituents is 1. The number of carbonyl (C=O) groups excluding carboxylic acids is 1. The fourth-order valence-electron chi connectivity index (χ4n) is 3.46. The predicted octanol–water partition coefficient (Wildman–Crippen LogP) is 4.16. The molecule has 0 saturated carbocycles. The van der Waals surface area contributed by atoms with Crippen molar-refractivity contribution in [3.05, 3.63) is 23.3 Å². The molecule has 0 amide bonds. The molecule has 0 aliphatic carbocycles. The number of aliphatic hydroxyl groups excluding tert-OH is 1. The van der Waals surface area contributed by atoms with Gasteiger partial charge in [0.15, 0.2) is 0 Å². The molecule has 0 spiro atoms. The number of aromatic carboxylic acids is 1. The second-order valence-electron chi connectivity index (χ2n) is 7.64. The van der Waals surface area contributed by atoms with Crippen molar-refractivity contribution in [2.45, 2.75) is 90.3 Å². The van der Waals surface area contributed by atoms with E-state index in [4.69, 9.17) is 4.74 Å². The third kappa shape index (κ3) is 10.2.